The van der Waals surface area contributed by atoms with Crippen molar-refractivity contribution in [1.82, 2.24) is 10.2 Å². The van der Waals surface area contributed by atoms with Crippen molar-refractivity contribution < 1.29 is 33.8 Å². The van der Waals surface area contributed by atoms with Gasteiger partial charge in [0.05, 0.1) is 6.42 Å². The molecule has 14 heteroatoms. The van der Waals surface area contributed by atoms with E-state index in [-0.39, 0.29) is 30.1 Å². The number of benzene rings is 2. The van der Waals surface area contributed by atoms with Crippen LogP contribution in [0.4, 0.5) is 16.2 Å². The fourth-order valence-electron chi connectivity index (χ4n) is 4.79. The Balaban J connectivity index is 0.000000230. The lowest BCUT2D eigenvalue weighted by atomic mass is 9.98. The van der Waals surface area contributed by atoms with Crippen LogP contribution in [0.25, 0.3) is 0 Å². The monoisotopic (exact) mass is 667 g/mol. The number of amides is 3. The molecule has 1 fully saturated rings. The van der Waals surface area contributed by atoms with Gasteiger partial charge in [-0.2, -0.15) is 0 Å². The van der Waals surface area contributed by atoms with Gasteiger partial charge in [0.25, 0.3) is 11.6 Å². The quantitative estimate of drug-likeness (QED) is 0.108. The summed E-state index contributed by atoms with van der Waals surface area (Å²) in [5.41, 5.74) is 8.13. The van der Waals surface area contributed by atoms with Crippen molar-refractivity contribution in [2.45, 2.75) is 31.4 Å². The first kappa shape index (κ1) is 34.3. The van der Waals surface area contributed by atoms with Crippen LogP contribution in [0.3, 0.4) is 0 Å². The predicted molar refractivity (Wildman–Crippen MR) is 179 cm³/mol. The smallest absolute Gasteiger partial charge is 0.404 e. The first-order valence-electron chi connectivity index (χ1n) is 14.4. The number of carbonyl (C=O) groups excluding carboxylic acids is 3. The number of anilines is 2. The normalized spacial score (nSPS) is 18.4. The third-order valence-corrected chi connectivity index (χ3v) is 9.40. The number of fused-ring (bicyclic) bond motifs is 1. The van der Waals surface area contributed by atoms with Gasteiger partial charge >= 0.3 is 12.1 Å². The zero-order chi connectivity index (χ0) is 33.3. The van der Waals surface area contributed by atoms with Crippen LogP contribution >= 0.6 is 23.1 Å². The number of carboxylic acids is 1. The minimum Gasteiger partial charge on any atom is -0.477 e. The summed E-state index contributed by atoms with van der Waals surface area (Å²) in [4.78, 5) is 49.6. The molecule has 1 aromatic heterocycles. The maximum absolute atomic E-state index is 12.8. The summed E-state index contributed by atoms with van der Waals surface area (Å²) in [7, 11) is 1.27. The molecule has 0 radical (unpaired) electrons. The number of rotatable bonds is 12. The molecule has 3 heterocycles. The fourth-order valence-corrected chi connectivity index (χ4v) is 6.92. The van der Waals surface area contributed by atoms with Crippen molar-refractivity contribution in [3.8, 4) is 0 Å². The van der Waals surface area contributed by atoms with E-state index in [4.69, 9.17) is 10.5 Å². The van der Waals surface area contributed by atoms with E-state index in [1.54, 1.807) is 6.07 Å². The lowest BCUT2D eigenvalue weighted by Crippen LogP contribution is -2.80. The molecule has 244 valence electrons. The van der Waals surface area contributed by atoms with Crippen molar-refractivity contribution in [1.29, 1.82) is 0 Å². The number of β-lactam (4-membered cyclic amide) rings is 1. The molecule has 6 N–H and O–H groups in total. The maximum atomic E-state index is 12.8. The van der Waals surface area contributed by atoms with Gasteiger partial charge in [-0.25, -0.2) is 9.59 Å². The highest BCUT2D eigenvalue weighted by Gasteiger charge is 2.66. The van der Waals surface area contributed by atoms with Crippen LogP contribution in [0.15, 0.2) is 77.3 Å². The Morgan fingerprint density at radius 2 is 1.59 bits per heavy atom. The third kappa shape index (κ3) is 8.38. The van der Waals surface area contributed by atoms with Crippen LogP contribution in [0.5, 0.6) is 0 Å². The molecule has 1 saturated heterocycles. The van der Waals surface area contributed by atoms with E-state index in [0.29, 0.717) is 0 Å². The Kier molecular flexibility index (Phi) is 11.7. The highest BCUT2D eigenvalue weighted by molar-refractivity contribution is 8.00. The maximum Gasteiger partial charge on any atom is 0.404 e. The molecule has 2 atom stereocenters. The highest BCUT2D eigenvalue weighted by Crippen LogP contribution is 2.46. The second kappa shape index (κ2) is 15.7. The standard InChI is InChI=1S/C16H17N3O7S2.C16H20N2/c1-25-16(18-10(20)5-9-3-2-4-27-9)13(23)19-11(12(21)22)8(6-26-15(17)24)7-28-14(16)19;1-13-3-7-15(8-4-13)17-11-12-18-16-9-5-14(2)6-10-16/h2-4,14H,5-7H2,1H3,(H2,17,24)(H,18,20)(H,21,22);3-10,17-18H,11-12H2,1-2H3/t14-,16+;/m1./s1. The van der Waals surface area contributed by atoms with Gasteiger partial charge in [-0.3, -0.25) is 14.5 Å². The first-order valence-corrected chi connectivity index (χ1v) is 16.3. The summed E-state index contributed by atoms with van der Waals surface area (Å²) in [5.74, 6) is -2.31. The Morgan fingerprint density at radius 3 is 2.07 bits per heavy atom. The summed E-state index contributed by atoms with van der Waals surface area (Å²) in [5, 5.41) is 20.0. The van der Waals surface area contributed by atoms with Crippen LogP contribution in [0, 0.1) is 13.8 Å². The van der Waals surface area contributed by atoms with E-state index >= 15 is 0 Å². The molecule has 0 unspecified atom stereocenters. The van der Waals surface area contributed by atoms with Crippen molar-refractivity contribution >= 4 is 58.4 Å². The van der Waals surface area contributed by atoms with E-state index in [2.05, 4.69) is 83.1 Å². The number of nitrogens with one attached hydrogen (secondary N) is 3. The second-order valence-corrected chi connectivity index (χ2v) is 12.6. The summed E-state index contributed by atoms with van der Waals surface area (Å²) >= 11 is 2.60. The van der Waals surface area contributed by atoms with Crippen LogP contribution < -0.4 is 21.7 Å². The lowest BCUT2D eigenvalue weighted by Gasteiger charge is -2.55. The molecule has 0 spiro atoms. The molecule has 3 amide bonds. The van der Waals surface area contributed by atoms with Gasteiger partial charge in [0, 0.05) is 47.8 Å². The van der Waals surface area contributed by atoms with Crippen molar-refractivity contribution in [3.05, 3.63) is 93.3 Å². The topological polar surface area (TPSA) is 172 Å². The molecule has 2 aliphatic rings. The third-order valence-electron chi connectivity index (χ3n) is 7.15. The number of nitrogens with two attached hydrogens (primary N) is 1. The van der Waals surface area contributed by atoms with Crippen molar-refractivity contribution in [3.63, 3.8) is 0 Å². The Morgan fingerprint density at radius 1 is 1.00 bits per heavy atom. The van der Waals surface area contributed by atoms with Crippen molar-refractivity contribution in [2.75, 3.05) is 43.2 Å². The molecule has 0 bridgehead atoms. The number of ether oxygens (including phenoxy) is 2. The van der Waals surface area contributed by atoms with Gasteiger partial charge in [-0.1, -0.05) is 41.5 Å². The van der Waals surface area contributed by atoms with Crippen LogP contribution in [0.2, 0.25) is 0 Å². The number of hydrogen-bond donors (Lipinski definition) is 5. The predicted octanol–water partition coefficient (Wildman–Crippen LogP) is 3.93. The first-order chi connectivity index (χ1) is 22.0. The van der Waals surface area contributed by atoms with Crippen LogP contribution in [-0.4, -0.2) is 77.5 Å². The molecule has 3 aromatic rings. The minimum atomic E-state index is -1.66. The van der Waals surface area contributed by atoms with Crippen LogP contribution in [0.1, 0.15) is 16.0 Å². The number of carbonyl (C=O) groups is 4. The second-order valence-electron chi connectivity index (χ2n) is 10.5. The molecular weight excluding hydrogens is 631 g/mol. The Labute approximate surface area is 275 Å². The van der Waals surface area contributed by atoms with E-state index in [0.717, 1.165) is 22.9 Å². The van der Waals surface area contributed by atoms with E-state index < -0.39 is 35.0 Å². The van der Waals surface area contributed by atoms with Gasteiger partial charge in [0.2, 0.25) is 5.91 Å². The van der Waals surface area contributed by atoms with Crippen molar-refractivity contribution in [2.24, 2.45) is 5.73 Å². The minimum absolute atomic E-state index is 0.0762. The zero-order valence-electron chi connectivity index (χ0n) is 25.7. The number of methoxy groups -OCH3 is 1. The number of nitrogens with zero attached hydrogens (tertiary/aromatic N) is 1. The summed E-state index contributed by atoms with van der Waals surface area (Å²) < 4.78 is 10.0. The fraction of sp³-hybridized carbons (Fsp3) is 0.312. The van der Waals surface area contributed by atoms with E-state index in [1.165, 1.54) is 52.7 Å². The van der Waals surface area contributed by atoms with Crippen LogP contribution in [-0.2, 0) is 30.3 Å². The SMILES string of the molecule is CO[C@@]1(NC(=O)Cc2cccs2)C(=O)N2C(C(=O)O)=C(COC(N)=O)CS[C@@H]21.Cc1ccc(NCCNc2ccc(C)cc2)cc1. The number of carboxylic acid groups (broad SMARTS) is 1. The molecule has 0 aliphatic carbocycles. The van der Waals surface area contributed by atoms with Gasteiger partial charge in [0.1, 0.15) is 17.7 Å². The zero-order valence-corrected chi connectivity index (χ0v) is 27.3. The molecule has 12 nitrogen and oxygen atoms in total. The number of thiophene rings is 1. The van der Waals surface area contributed by atoms with Gasteiger partial charge in [0.15, 0.2) is 0 Å². The molecule has 0 saturated carbocycles. The number of hydrogen-bond acceptors (Lipinski definition) is 10. The van der Waals surface area contributed by atoms with Gasteiger partial charge < -0.3 is 36.3 Å². The number of aliphatic carboxylic acids is 1. The Bertz CT molecular complexity index is 1510. The molecular formula is C32H37N5O7S2. The Hall–Kier alpha value is -4.53. The molecule has 2 aromatic carbocycles. The van der Waals surface area contributed by atoms with E-state index in [1.807, 2.05) is 11.4 Å². The summed E-state index contributed by atoms with van der Waals surface area (Å²) in [6, 6.07) is 20.5. The number of aryl methyl sites for hydroxylation is 2. The number of thioether (sulfide) groups is 1. The van der Waals surface area contributed by atoms with E-state index in [9.17, 15) is 24.3 Å². The highest BCUT2D eigenvalue weighted by atomic mass is 32.2. The molecule has 46 heavy (non-hydrogen) atoms. The molecule has 5 rings (SSSR count). The molecule has 2 aliphatic heterocycles. The number of primary amides is 1. The average Bonchev–Trinajstić information content (AvgIpc) is 3.55. The summed E-state index contributed by atoms with van der Waals surface area (Å²) in [6.07, 6.45) is -0.973. The average molecular weight is 668 g/mol. The largest absolute Gasteiger partial charge is 0.477 e. The van der Waals surface area contributed by atoms with Gasteiger partial charge in [-0.15, -0.1) is 23.1 Å². The lowest BCUT2D eigenvalue weighted by molar-refractivity contribution is -0.192. The van der Waals surface area contributed by atoms with Gasteiger partial charge in [-0.05, 0) is 49.6 Å². The summed E-state index contributed by atoms with van der Waals surface area (Å²) in [6.45, 7) is 5.69.